The molecule has 0 radical (unpaired) electrons. The summed E-state index contributed by atoms with van der Waals surface area (Å²) in [6.45, 7) is -0.189. The number of furan rings is 1. The largest absolute Gasteiger partial charge is 0.452 e. The van der Waals surface area contributed by atoms with E-state index < -0.39 is 6.04 Å². The molecule has 2 rings (SSSR count). The van der Waals surface area contributed by atoms with Crippen LogP contribution in [-0.4, -0.2) is 17.6 Å². The minimum absolute atomic E-state index is 0.0391. The second-order valence-corrected chi connectivity index (χ2v) is 4.07. The van der Waals surface area contributed by atoms with Crippen LogP contribution in [0.25, 0.3) is 0 Å². The summed E-state index contributed by atoms with van der Waals surface area (Å²) in [4.78, 5) is 11.9. The predicted molar refractivity (Wildman–Crippen MR) is 67.5 cm³/mol. The van der Waals surface area contributed by atoms with E-state index in [4.69, 9.17) is 16.0 Å². The van der Waals surface area contributed by atoms with Gasteiger partial charge in [0.25, 0.3) is 5.91 Å². The smallest absolute Gasteiger partial charge is 0.256 e. The molecule has 0 spiro atoms. The number of aliphatic hydroxyl groups excluding tert-OH is 1. The lowest BCUT2D eigenvalue weighted by atomic mass is 10.1. The molecule has 0 fully saturated rings. The molecule has 2 aromatic rings. The molecular formula is C13H12ClNO3. The van der Waals surface area contributed by atoms with Crippen molar-refractivity contribution in [1.82, 2.24) is 5.32 Å². The van der Waals surface area contributed by atoms with Crippen LogP contribution in [-0.2, 0) is 0 Å². The third-order valence-corrected chi connectivity index (χ3v) is 2.85. The minimum atomic E-state index is -0.468. The van der Waals surface area contributed by atoms with Crippen molar-refractivity contribution in [3.8, 4) is 0 Å². The summed E-state index contributed by atoms with van der Waals surface area (Å²) in [5, 5.41) is 12.1. The van der Waals surface area contributed by atoms with Crippen LogP contribution in [0.15, 0.2) is 47.1 Å². The summed E-state index contributed by atoms with van der Waals surface area (Å²) in [6.07, 6.45) is 1.34. The van der Waals surface area contributed by atoms with Crippen molar-refractivity contribution in [2.45, 2.75) is 6.04 Å². The standard InChI is InChI=1S/C13H12ClNO3/c14-12-10(6-7-18-12)13(17)15-11(8-16)9-4-2-1-3-5-9/h1-7,11,16H,8H2,(H,15,17)/t11-/m0/s1. The highest BCUT2D eigenvalue weighted by Crippen LogP contribution is 2.18. The number of amides is 1. The van der Waals surface area contributed by atoms with E-state index in [9.17, 15) is 9.90 Å². The predicted octanol–water partition coefficient (Wildman–Crippen LogP) is 2.40. The number of rotatable bonds is 4. The Morgan fingerprint density at radius 1 is 1.33 bits per heavy atom. The van der Waals surface area contributed by atoms with Crippen LogP contribution in [0.2, 0.25) is 5.22 Å². The fourth-order valence-electron chi connectivity index (χ4n) is 1.61. The first-order valence-electron chi connectivity index (χ1n) is 5.42. The molecule has 1 heterocycles. The molecule has 1 aromatic carbocycles. The topological polar surface area (TPSA) is 62.5 Å². The molecule has 0 unspecified atom stereocenters. The number of aliphatic hydroxyl groups is 1. The van der Waals surface area contributed by atoms with Gasteiger partial charge in [-0.1, -0.05) is 30.3 Å². The van der Waals surface area contributed by atoms with Crippen molar-refractivity contribution in [1.29, 1.82) is 0 Å². The fourth-order valence-corrected chi connectivity index (χ4v) is 1.81. The Hall–Kier alpha value is -1.78. The normalized spacial score (nSPS) is 12.1. The maximum Gasteiger partial charge on any atom is 0.256 e. The van der Waals surface area contributed by atoms with Gasteiger partial charge in [-0.05, 0) is 23.2 Å². The monoisotopic (exact) mass is 265 g/mol. The molecule has 1 amide bonds. The van der Waals surface area contributed by atoms with Crippen molar-refractivity contribution >= 4 is 17.5 Å². The molecule has 1 atom stereocenters. The number of carbonyl (C=O) groups excluding carboxylic acids is 1. The molecule has 0 saturated carbocycles. The van der Waals surface area contributed by atoms with Crippen molar-refractivity contribution in [3.63, 3.8) is 0 Å². The lowest BCUT2D eigenvalue weighted by Crippen LogP contribution is -2.30. The highest BCUT2D eigenvalue weighted by Gasteiger charge is 2.18. The van der Waals surface area contributed by atoms with E-state index in [2.05, 4.69) is 5.32 Å². The van der Waals surface area contributed by atoms with Gasteiger partial charge >= 0.3 is 0 Å². The van der Waals surface area contributed by atoms with E-state index in [-0.39, 0.29) is 23.3 Å². The molecule has 0 bridgehead atoms. The van der Waals surface area contributed by atoms with E-state index in [0.29, 0.717) is 0 Å². The van der Waals surface area contributed by atoms with Crippen LogP contribution in [0.4, 0.5) is 0 Å². The second-order valence-electron chi connectivity index (χ2n) is 3.73. The number of nitrogens with one attached hydrogen (secondary N) is 1. The number of halogens is 1. The van der Waals surface area contributed by atoms with Crippen molar-refractivity contribution in [2.24, 2.45) is 0 Å². The van der Waals surface area contributed by atoms with Crippen molar-refractivity contribution in [2.75, 3.05) is 6.61 Å². The Morgan fingerprint density at radius 2 is 2.06 bits per heavy atom. The van der Waals surface area contributed by atoms with Crippen LogP contribution < -0.4 is 5.32 Å². The van der Waals surface area contributed by atoms with Crippen LogP contribution in [0, 0.1) is 0 Å². The number of hydrogen-bond donors (Lipinski definition) is 2. The van der Waals surface area contributed by atoms with E-state index in [1.807, 2.05) is 30.3 Å². The van der Waals surface area contributed by atoms with Gasteiger partial charge < -0.3 is 14.8 Å². The third kappa shape index (κ3) is 2.72. The lowest BCUT2D eigenvalue weighted by Gasteiger charge is -2.16. The second kappa shape index (κ2) is 5.71. The van der Waals surface area contributed by atoms with Gasteiger partial charge in [0.05, 0.1) is 24.5 Å². The van der Waals surface area contributed by atoms with Gasteiger partial charge in [0.15, 0.2) is 0 Å². The molecule has 0 aliphatic rings. The van der Waals surface area contributed by atoms with Crippen LogP contribution in [0.3, 0.4) is 0 Å². The zero-order valence-electron chi connectivity index (χ0n) is 9.47. The number of carbonyl (C=O) groups is 1. The van der Waals surface area contributed by atoms with E-state index >= 15 is 0 Å². The lowest BCUT2D eigenvalue weighted by molar-refractivity contribution is 0.0916. The van der Waals surface area contributed by atoms with Gasteiger partial charge in [-0.25, -0.2) is 0 Å². The summed E-state index contributed by atoms with van der Waals surface area (Å²) in [5.74, 6) is -0.378. The van der Waals surface area contributed by atoms with E-state index in [0.717, 1.165) is 5.56 Å². The number of hydrogen-bond acceptors (Lipinski definition) is 3. The highest BCUT2D eigenvalue weighted by atomic mass is 35.5. The Labute approximate surface area is 109 Å². The van der Waals surface area contributed by atoms with Crippen molar-refractivity contribution in [3.05, 3.63) is 59.0 Å². The molecule has 18 heavy (non-hydrogen) atoms. The third-order valence-electron chi connectivity index (χ3n) is 2.55. The molecule has 0 aliphatic carbocycles. The SMILES string of the molecule is O=C(N[C@@H](CO)c1ccccc1)c1ccoc1Cl. The Bertz CT molecular complexity index is 524. The quantitative estimate of drug-likeness (QED) is 0.892. The molecular weight excluding hydrogens is 254 g/mol. The van der Waals surface area contributed by atoms with Gasteiger partial charge in [-0.2, -0.15) is 0 Å². The summed E-state index contributed by atoms with van der Waals surface area (Å²) >= 11 is 5.72. The van der Waals surface area contributed by atoms with Gasteiger partial charge in [0.2, 0.25) is 5.22 Å². The highest BCUT2D eigenvalue weighted by molar-refractivity contribution is 6.32. The zero-order valence-corrected chi connectivity index (χ0v) is 10.2. The maximum absolute atomic E-state index is 11.9. The molecule has 0 aliphatic heterocycles. The van der Waals surface area contributed by atoms with Crippen molar-refractivity contribution < 1.29 is 14.3 Å². The molecule has 1 aromatic heterocycles. The number of benzene rings is 1. The summed E-state index contributed by atoms with van der Waals surface area (Å²) in [5.41, 5.74) is 1.08. The van der Waals surface area contributed by atoms with Crippen LogP contribution in [0.5, 0.6) is 0 Å². The Kier molecular flexibility index (Phi) is 4.02. The van der Waals surface area contributed by atoms with E-state index in [1.54, 1.807) is 0 Å². The summed E-state index contributed by atoms with van der Waals surface area (Å²) < 4.78 is 4.85. The summed E-state index contributed by atoms with van der Waals surface area (Å²) in [6, 6.07) is 10.2. The molecule has 4 nitrogen and oxygen atoms in total. The minimum Gasteiger partial charge on any atom is -0.452 e. The zero-order chi connectivity index (χ0) is 13.0. The molecule has 94 valence electrons. The fraction of sp³-hybridized carbons (Fsp3) is 0.154. The Morgan fingerprint density at radius 3 is 2.61 bits per heavy atom. The first kappa shape index (κ1) is 12.7. The average Bonchev–Trinajstić information content (AvgIpc) is 2.83. The van der Waals surface area contributed by atoms with Gasteiger partial charge in [-0.3, -0.25) is 4.79 Å². The average molecular weight is 266 g/mol. The van der Waals surface area contributed by atoms with E-state index in [1.165, 1.54) is 12.3 Å². The Balaban J connectivity index is 2.13. The maximum atomic E-state index is 11.9. The first-order valence-corrected chi connectivity index (χ1v) is 5.80. The van der Waals surface area contributed by atoms with Crippen LogP contribution in [0.1, 0.15) is 22.0 Å². The van der Waals surface area contributed by atoms with Gasteiger partial charge in [0, 0.05) is 0 Å². The van der Waals surface area contributed by atoms with Gasteiger partial charge in [-0.15, -0.1) is 0 Å². The molecule has 5 heteroatoms. The first-order chi connectivity index (χ1) is 8.72. The van der Waals surface area contributed by atoms with Crippen LogP contribution >= 0.6 is 11.6 Å². The molecule has 0 saturated heterocycles. The van der Waals surface area contributed by atoms with Gasteiger partial charge in [0.1, 0.15) is 0 Å². The summed E-state index contributed by atoms with van der Waals surface area (Å²) in [7, 11) is 0. The molecule has 2 N–H and O–H groups in total.